The molecule has 17 heavy (non-hydrogen) atoms. The summed E-state index contributed by atoms with van der Waals surface area (Å²) in [7, 11) is 0. The molecular formula is C12H16O3S2. The van der Waals surface area contributed by atoms with E-state index in [0.29, 0.717) is 12.0 Å². The number of aromatic carboxylic acids is 1. The fourth-order valence-corrected chi connectivity index (χ4v) is 3.27. The second kappa shape index (κ2) is 7.63. The van der Waals surface area contributed by atoms with Crippen molar-refractivity contribution in [3.05, 3.63) is 23.8 Å². The minimum Gasteiger partial charge on any atom is -0.478 e. The number of rotatable bonds is 7. The Morgan fingerprint density at radius 2 is 1.94 bits per heavy atom. The van der Waals surface area contributed by atoms with Crippen LogP contribution >= 0.6 is 23.5 Å². The third-order valence-electron chi connectivity index (χ3n) is 2.06. The maximum Gasteiger partial charge on any atom is 0.337 e. The summed E-state index contributed by atoms with van der Waals surface area (Å²) in [5.41, 5.74) is 0.391. The lowest BCUT2D eigenvalue weighted by Gasteiger charge is -2.09. The van der Waals surface area contributed by atoms with Gasteiger partial charge in [-0.1, -0.05) is 13.0 Å². The zero-order valence-electron chi connectivity index (χ0n) is 9.68. The first-order valence-corrected chi connectivity index (χ1v) is 7.40. The first kappa shape index (κ1) is 14.4. The highest BCUT2D eigenvalue weighted by molar-refractivity contribution is 8.00. The molecule has 0 aromatic heterocycles. The van der Waals surface area contributed by atoms with Crippen LogP contribution in [0.2, 0.25) is 0 Å². The van der Waals surface area contributed by atoms with Gasteiger partial charge in [-0.3, -0.25) is 0 Å². The Morgan fingerprint density at radius 1 is 1.29 bits per heavy atom. The van der Waals surface area contributed by atoms with Gasteiger partial charge in [0.2, 0.25) is 0 Å². The number of thioether (sulfide) groups is 2. The topological polar surface area (TPSA) is 57.5 Å². The van der Waals surface area contributed by atoms with Crippen molar-refractivity contribution in [2.45, 2.75) is 23.1 Å². The number of hydrogen-bond donors (Lipinski definition) is 2. The van der Waals surface area contributed by atoms with Gasteiger partial charge in [0.1, 0.15) is 0 Å². The van der Waals surface area contributed by atoms with E-state index in [1.165, 1.54) is 11.8 Å². The molecule has 5 heteroatoms. The number of benzene rings is 1. The molecule has 0 spiro atoms. The first-order chi connectivity index (χ1) is 8.20. The molecule has 1 aromatic rings. The third kappa shape index (κ3) is 4.26. The Kier molecular flexibility index (Phi) is 6.47. The minimum atomic E-state index is -0.881. The Labute approximate surface area is 110 Å². The molecule has 2 N–H and O–H groups in total. The van der Waals surface area contributed by atoms with Gasteiger partial charge in [0.05, 0.1) is 5.56 Å². The monoisotopic (exact) mass is 272 g/mol. The van der Waals surface area contributed by atoms with Gasteiger partial charge >= 0.3 is 5.97 Å². The molecule has 0 saturated carbocycles. The Morgan fingerprint density at radius 3 is 2.47 bits per heavy atom. The molecule has 1 rings (SSSR count). The van der Waals surface area contributed by atoms with E-state index in [1.807, 2.05) is 25.1 Å². The van der Waals surface area contributed by atoms with Crippen LogP contribution in [0.25, 0.3) is 0 Å². The van der Waals surface area contributed by atoms with Gasteiger partial charge in [-0.25, -0.2) is 4.79 Å². The first-order valence-electron chi connectivity index (χ1n) is 5.43. The van der Waals surface area contributed by atoms with E-state index < -0.39 is 5.97 Å². The number of carbonyl (C=O) groups is 1. The van der Waals surface area contributed by atoms with Crippen molar-refractivity contribution < 1.29 is 15.0 Å². The summed E-state index contributed by atoms with van der Waals surface area (Å²) in [6.07, 6.45) is 0.675. The lowest BCUT2D eigenvalue weighted by Crippen LogP contribution is -2.02. The molecule has 0 amide bonds. The summed E-state index contributed by atoms with van der Waals surface area (Å²) in [5, 5.41) is 18.0. The Bertz CT molecular complexity index is 380. The summed E-state index contributed by atoms with van der Waals surface area (Å²) in [6, 6.07) is 5.55. The largest absolute Gasteiger partial charge is 0.478 e. The van der Waals surface area contributed by atoms with Crippen molar-refractivity contribution in [3.8, 4) is 0 Å². The summed E-state index contributed by atoms with van der Waals surface area (Å²) >= 11 is 3.03. The highest BCUT2D eigenvalue weighted by Crippen LogP contribution is 2.31. The Balaban J connectivity index is 2.94. The van der Waals surface area contributed by atoms with Crippen LogP contribution in [0.5, 0.6) is 0 Å². The second-order valence-corrected chi connectivity index (χ2v) is 5.74. The third-order valence-corrected chi connectivity index (χ3v) is 4.15. The Hall–Kier alpha value is -0.650. The van der Waals surface area contributed by atoms with Crippen molar-refractivity contribution in [2.24, 2.45) is 0 Å². The van der Waals surface area contributed by atoms with Crippen LogP contribution in [0.4, 0.5) is 0 Å². The molecule has 1 aromatic carbocycles. The van der Waals surface area contributed by atoms with Gasteiger partial charge in [-0.2, -0.15) is 0 Å². The van der Waals surface area contributed by atoms with Gasteiger partial charge < -0.3 is 10.2 Å². The van der Waals surface area contributed by atoms with Crippen LogP contribution in [0, 0.1) is 0 Å². The molecular weight excluding hydrogens is 256 g/mol. The number of carboxylic acid groups (broad SMARTS) is 1. The van der Waals surface area contributed by atoms with Crippen LogP contribution in [0.15, 0.2) is 28.0 Å². The summed E-state index contributed by atoms with van der Waals surface area (Å²) in [6.45, 7) is 2.14. The molecule has 0 fully saturated rings. The lowest BCUT2D eigenvalue weighted by molar-refractivity contribution is 0.0689. The molecule has 0 aliphatic rings. The quantitative estimate of drug-likeness (QED) is 0.590. The smallest absolute Gasteiger partial charge is 0.337 e. The predicted molar refractivity (Wildman–Crippen MR) is 72.2 cm³/mol. The average molecular weight is 272 g/mol. The summed E-state index contributed by atoms with van der Waals surface area (Å²) in [5.74, 6) is 0.704. The van der Waals surface area contributed by atoms with E-state index in [1.54, 1.807) is 11.8 Å². The van der Waals surface area contributed by atoms with Gasteiger partial charge in [-0.05, 0) is 24.3 Å². The molecule has 0 aliphatic carbocycles. The zero-order valence-corrected chi connectivity index (χ0v) is 11.3. The van der Waals surface area contributed by atoms with Crippen LogP contribution in [0.1, 0.15) is 23.7 Å². The molecule has 94 valence electrons. The number of hydrogen-bond acceptors (Lipinski definition) is 4. The molecule has 3 nitrogen and oxygen atoms in total. The lowest BCUT2D eigenvalue weighted by atomic mass is 10.2. The van der Waals surface area contributed by atoms with Crippen LogP contribution in [-0.2, 0) is 0 Å². The summed E-state index contributed by atoms with van der Waals surface area (Å²) < 4.78 is 0. The van der Waals surface area contributed by atoms with Gasteiger partial charge in [0.15, 0.2) is 0 Å². The van der Waals surface area contributed by atoms with Crippen molar-refractivity contribution in [2.75, 3.05) is 18.1 Å². The van der Waals surface area contributed by atoms with E-state index in [2.05, 4.69) is 0 Å². The SMILES string of the molecule is CCSc1cccc(SCCCO)c1C(=O)O. The van der Waals surface area contributed by atoms with Crippen LogP contribution in [0.3, 0.4) is 0 Å². The maximum absolute atomic E-state index is 11.3. The van der Waals surface area contributed by atoms with Crippen molar-refractivity contribution in [3.63, 3.8) is 0 Å². The minimum absolute atomic E-state index is 0.138. The standard InChI is InChI=1S/C12H16O3S2/c1-2-16-9-5-3-6-10(11(9)12(14)15)17-8-4-7-13/h3,5-6,13H,2,4,7-8H2,1H3,(H,14,15). The van der Waals surface area contributed by atoms with Crippen LogP contribution in [-0.4, -0.2) is 34.3 Å². The molecule has 0 unspecified atom stereocenters. The highest BCUT2D eigenvalue weighted by Gasteiger charge is 2.15. The number of aliphatic hydroxyl groups is 1. The number of carboxylic acids is 1. The van der Waals surface area contributed by atoms with Gasteiger partial charge in [0.25, 0.3) is 0 Å². The predicted octanol–water partition coefficient (Wildman–Crippen LogP) is 2.97. The second-order valence-electron chi connectivity index (χ2n) is 3.29. The molecule has 0 atom stereocenters. The van der Waals surface area contributed by atoms with E-state index in [4.69, 9.17) is 5.11 Å². The van der Waals surface area contributed by atoms with Gasteiger partial charge in [-0.15, -0.1) is 23.5 Å². The van der Waals surface area contributed by atoms with Crippen molar-refractivity contribution in [1.29, 1.82) is 0 Å². The number of aliphatic hydroxyl groups excluding tert-OH is 1. The van der Waals surface area contributed by atoms with E-state index in [9.17, 15) is 9.90 Å². The normalized spacial score (nSPS) is 10.5. The van der Waals surface area contributed by atoms with E-state index >= 15 is 0 Å². The average Bonchev–Trinajstić information content (AvgIpc) is 2.29. The van der Waals surface area contributed by atoms with Crippen molar-refractivity contribution in [1.82, 2.24) is 0 Å². The van der Waals surface area contributed by atoms with Crippen LogP contribution < -0.4 is 0 Å². The molecule has 0 bridgehead atoms. The van der Waals surface area contributed by atoms with Gasteiger partial charge in [0, 0.05) is 22.2 Å². The summed E-state index contributed by atoms with van der Waals surface area (Å²) in [4.78, 5) is 12.9. The van der Waals surface area contributed by atoms with Crippen molar-refractivity contribution >= 4 is 29.5 Å². The fraction of sp³-hybridized carbons (Fsp3) is 0.417. The fourth-order valence-electron chi connectivity index (χ4n) is 1.36. The molecule has 0 radical (unpaired) electrons. The zero-order chi connectivity index (χ0) is 12.7. The van der Waals surface area contributed by atoms with E-state index in [0.717, 1.165) is 21.3 Å². The highest BCUT2D eigenvalue weighted by atomic mass is 32.2. The molecule has 0 saturated heterocycles. The van der Waals surface area contributed by atoms with E-state index in [-0.39, 0.29) is 6.61 Å². The molecule has 0 heterocycles. The molecule has 0 aliphatic heterocycles. The maximum atomic E-state index is 11.3.